The first-order valence-electron chi connectivity index (χ1n) is 5.62. The zero-order chi connectivity index (χ0) is 12.8. The Bertz CT molecular complexity index is 448. The average molecular weight is 231 g/mol. The zero-order valence-electron chi connectivity index (χ0n) is 10.2. The number of nitrogens with two attached hydrogens (primary N) is 1. The summed E-state index contributed by atoms with van der Waals surface area (Å²) in [5.74, 6) is -0.107. The molecule has 0 heterocycles. The lowest BCUT2D eigenvalue weighted by molar-refractivity contribution is 0.0769. The van der Waals surface area contributed by atoms with Gasteiger partial charge in [0.15, 0.2) is 0 Å². The molecule has 90 valence electrons. The molecule has 0 aliphatic heterocycles. The van der Waals surface area contributed by atoms with E-state index >= 15 is 0 Å². The molecular weight excluding hydrogens is 214 g/mol. The van der Waals surface area contributed by atoms with Crippen LogP contribution >= 0.6 is 0 Å². The van der Waals surface area contributed by atoms with E-state index in [-0.39, 0.29) is 5.91 Å². The van der Waals surface area contributed by atoms with Crippen LogP contribution in [0.5, 0.6) is 0 Å². The molecule has 1 amide bonds. The van der Waals surface area contributed by atoms with Gasteiger partial charge in [-0.05, 0) is 26.0 Å². The molecule has 0 unspecified atom stereocenters. The van der Waals surface area contributed by atoms with Gasteiger partial charge in [0.25, 0.3) is 5.91 Å². The number of nitriles is 1. The number of amides is 1. The highest BCUT2D eigenvalue weighted by atomic mass is 16.2. The Balaban J connectivity index is 2.94. The van der Waals surface area contributed by atoms with Gasteiger partial charge in [-0.2, -0.15) is 5.26 Å². The summed E-state index contributed by atoms with van der Waals surface area (Å²) in [5, 5.41) is 8.55. The van der Waals surface area contributed by atoms with Gasteiger partial charge in [-0.25, -0.2) is 0 Å². The maximum Gasteiger partial charge on any atom is 0.255 e. The molecule has 4 heteroatoms. The van der Waals surface area contributed by atoms with Crippen LogP contribution in [0.15, 0.2) is 18.2 Å². The Morgan fingerprint density at radius 3 is 2.82 bits per heavy atom. The second-order valence-corrected chi connectivity index (χ2v) is 3.88. The van der Waals surface area contributed by atoms with Gasteiger partial charge in [-0.1, -0.05) is 11.6 Å². The maximum absolute atomic E-state index is 12.2. The number of aryl methyl sites for hydroxylation is 1. The van der Waals surface area contributed by atoms with Crippen molar-refractivity contribution < 1.29 is 4.79 Å². The number of nitrogens with zero attached hydrogens (tertiary/aromatic N) is 2. The molecule has 0 fully saturated rings. The molecule has 2 N–H and O–H groups in total. The standard InChI is InChI=1S/C13H17N3O/c1-3-16(8-4-7-14)13(17)11-9-10(2)5-6-12(11)15/h5-6,9H,3-4,8,15H2,1-2H3. The quantitative estimate of drug-likeness (QED) is 0.805. The van der Waals surface area contributed by atoms with E-state index in [1.165, 1.54) is 0 Å². The van der Waals surface area contributed by atoms with Crippen LogP contribution in [0.1, 0.15) is 29.3 Å². The van der Waals surface area contributed by atoms with Crippen molar-refractivity contribution in [3.63, 3.8) is 0 Å². The Labute approximate surface area is 102 Å². The highest BCUT2D eigenvalue weighted by Crippen LogP contribution is 2.16. The molecule has 1 rings (SSSR count). The van der Waals surface area contributed by atoms with Crippen LogP contribution in [0.4, 0.5) is 5.69 Å². The fraction of sp³-hybridized carbons (Fsp3) is 0.385. The first-order chi connectivity index (χ1) is 8.10. The number of hydrogen-bond donors (Lipinski definition) is 1. The van der Waals surface area contributed by atoms with Crippen molar-refractivity contribution in [2.75, 3.05) is 18.8 Å². The number of anilines is 1. The summed E-state index contributed by atoms with van der Waals surface area (Å²) in [6.07, 6.45) is 0.339. The van der Waals surface area contributed by atoms with Gasteiger partial charge in [0.05, 0.1) is 18.1 Å². The predicted octanol–water partition coefficient (Wildman–Crippen LogP) is 1.95. The van der Waals surface area contributed by atoms with Crippen LogP contribution in [-0.2, 0) is 0 Å². The molecule has 0 aliphatic rings. The largest absolute Gasteiger partial charge is 0.398 e. The summed E-state index contributed by atoms with van der Waals surface area (Å²) in [6, 6.07) is 7.43. The Morgan fingerprint density at radius 2 is 2.24 bits per heavy atom. The molecule has 0 saturated heterocycles. The Hall–Kier alpha value is -2.02. The molecule has 0 aromatic heterocycles. The highest BCUT2D eigenvalue weighted by molar-refractivity contribution is 5.99. The van der Waals surface area contributed by atoms with E-state index in [2.05, 4.69) is 0 Å². The molecule has 1 aromatic carbocycles. The highest BCUT2D eigenvalue weighted by Gasteiger charge is 2.16. The molecule has 1 aromatic rings. The van der Waals surface area contributed by atoms with Gasteiger partial charge in [-0.15, -0.1) is 0 Å². The third-order valence-electron chi connectivity index (χ3n) is 2.60. The second kappa shape index (κ2) is 5.90. The molecule has 0 radical (unpaired) electrons. The number of carbonyl (C=O) groups is 1. The first-order valence-corrected chi connectivity index (χ1v) is 5.62. The van der Waals surface area contributed by atoms with Crippen LogP contribution in [0.2, 0.25) is 0 Å². The molecule has 0 atom stereocenters. The minimum absolute atomic E-state index is 0.107. The fourth-order valence-corrected chi connectivity index (χ4v) is 1.61. The number of nitrogen functional groups attached to an aromatic ring is 1. The average Bonchev–Trinajstić information content (AvgIpc) is 2.33. The summed E-state index contributed by atoms with van der Waals surface area (Å²) < 4.78 is 0. The smallest absolute Gasteiger partial charge is 0.255 e. The second-order valence-electron chi connectivity index (χ2n) is 3.88. The van der Waals surface area contributed by atoms with E-state index in [1.54, 1.807) is 17.0 Å². The summed E-state index contributed by atoms with van der Waals surface area (Å²) in [5.41, 5.74) is 7.80. The van der Waals surface area contributed by atoms with Crippen molar-refractivity contribution in [1.82, 2.24) is 4.90 Å². The summed E-state index contributed by atoms with van der Waals surface area (Å²) >= 11 is 0. The lowest BCUT2D eigenvalue weighted by atomic mass is 10.1. The fourth-order valence-electron chi connectivity index (χ4n) is 1.61. The van der Waals surface area contributed by atoms with Crippen LogP contribution in [0.25, 0.3) is 0 Å². The van der Waals surface area contributed by atoms with E-state index < -0.39 is 0 Å². The molecular formula is C13H17N3O. The molecule has 0 aliphatic carbocycles. The number of rotatable bonds is 4. The van der Waals surface area contributed by atoms with Crippen molar-refractivity contribution in [3.05, 3.63) is 29.3 Å². The van der Waals surface area contributed by atoms with E-state index in [4.69, 9.17) is 11.0 Å². The zero-order valence-corrected chi connectivity index (χ0v) is 10.2. The number of hydrogen-bond acceptors (Lipinski definition) is 3. The van der Waals surface area contributed by atoms with Crippen LogP contribution in [0.3, 0.4) is 0 Å². The predicted molar refractivity (Wildman–Crippen MR) is 67.4 cm³/mol. The molecule has 0 spiro atoms. The summed E-state index contributed by atoms with van der Waals surface area (Å²) in [6.45, 7) is 4.83. The van der Waals surface area contributed by atoms with Gasteiger partial charge in [0.1, 0.15) is 0 Å². The third-order valence-corrected chi connectivity index (χ3v) is 2.60. The van der Waals surface area contributed by atoms with E-state index in [0.717, 1.165) is 5.56 Å². The van der Waals surface area contributed by atoms with Crippen LogP contribution in [-0.4, -0.2) is 23.9 Å². The van der Waals surface area contributed by atoms with Crippen LogP contribution < -0.4 is 5.73 Å². The van der Waals surface area contributed by atoms with Gasteiger partial charge in [0, 0.05) is 18.8 Å². The van der Waals surface area contributed by atoms with Gasteiger partial charge in [0.2, 0.25) is 0 Å². The van der Waals surface area contributed by atoms with Gasteiger partial charge < -0.3 is 10.6 Å². The SMILES string of the molecule is CCN(CCC#N)C(=O)c1cc(C)ccc1N. The first kappa shape index (κ1) is 13.0. The summed E-state index contributed by atoms with van der Waals surface area (Å²) in [4.78, 5) is 13.8. The monoisotopic (exact) mass is 231 g/mol. The molecule has 4 nitrogen and oxygen atoms in total. The van der Waals surface area contributed by atoms with Crippen LogP contribution in [0, 0.1) is 18.3 Å². The van der Waals surface area contributed by atoms with Crippen molar-refractivity contribution >= 4 is 11.6 Å². The lowest BCUT2D eigenvalue weighted by Gasteiger charge is -2.20. The van der Waals surface area contributed by atoms with Crippen molar-refractivity contribution in [3.8, 4) is 6.07 Å². The van der Waals surface area contributed by atoms with E-state index in [9.17, 15) is 4.79 Å². The number of carbonyl (C=O) groups excluding carboxylic acids is 1. The minimum atomic E-state index is -0.107. The van der Waals surface area contributed by atoms with Crippen molar-refractivity contribution in [1.29, 1.82) is 5.26 Å². The molecule has 0 bridgehead atoms. The normalized spacial score (nSPS) is 9.71. The Kier molecular flexibility index (Phi) is 4.53. The Morgan fingerprint density at radius 1 is 1.53 bits per heavy atom. The summed E-state index contributed by atoms with van der Waals surface area (Å²) in [7, 11) is 0. The maximum atomic E-state index is 12.2. The minimum Gasteiger partial charge on any atom is -0.398 e. The van der Waals surface area contributed by atoms with Gasteiger partial charge >= 0.3 is 0 Å². The van der Waals surface area contributed by atoms with E-state index in [0.29, 0.717) is 30.8 Å². The van der Waals surface area contributed by atoms with E-state index in [1.807, 2.05) is 26.0 Å². The van der Waals surface area contributed by atoms with Crippen molar-refractivity contribution in [2.45, 2.75) is 20.3 Å². The van der Waals surface area contributed by atoms with Gasteiger partial charge in [-0.3, -0.25) is 4.79 Å². The van der Waals surface area contributed by atoms with Crippen molar-refractivity contribution in [2.24, 2.45) is 0 Å². The topological polar surface area (TPSA) is 70.1 Å². The third kappa shape index (κ3) is 3.22. The lowest BCUT2D eigenvalue weighted by Crippen LogP contribution is -2.32. The molecule has 0 saturated carbocycles. The number of benzene rings is 1. The molecule has 17 heavy (non-hydrogen) atoms.